The van der Waals surface area contributed by atoms with Crippen molar-refractivity contribution in [1.29, 1.82) is 0 Å². The van der Waals surface area contributed by atoms with Gasteiger partial charge in [-0.25, -0.2) is 14.8 Å². The molecule has 8 nitrogen and oxygen atoms in total. The molecule has 3 heterocycles. The van der Waals surface area contributed by atoms with Crippen LogP contribution in [-0.2, 0) is 9.47 Å². The number of nitrogens with one attached hydrogen (secondary N) is 3. The lowest BCUT2D eigenvalue weighted by Gasteiger charge is -2.18. The second-order valence-corrected chi connectivity index (χ2v) is 8.17. The summed E-state index contributed by atoms with van der Waals surface area (Å²) in [5.74, 6) is 0.526. The highest BCUT2D eigenvalue weighted by Gasteiger charge is 2.48. The summed E-state index contributed by atoms with van der Waals surface area (Å²) < 4.78 is 11.9. The van der Waals surface area contributed by atoms with Gasteiger partial charge in [-0.15, -0.1) is 0 Å². The van der Waals surface area contributed by atoms with Crippen molar-refractivity contribution in [3.05, 3.63) is 66.9 Å². The molecule has 2 saturated heterocycles. The molecule has 2 fully saturated rings. The Hall–Kier alpha value is -3.49. The second kappa shape index (κ2) is 9.56. The molecule has 0 bridgehead atoms. The van der Waals surface area contributed by atoms with Crippen molar-refractivity contribution in [3.63, 3.8) is 0 Å². The quantitative estimate of drug-likeness (QED) is 0.540. The van der Waals surface area contributed by atoms with E-state index in [1.165, 1.54) is 5.56 Å². The number of hydrogen-bond acceptors (Lipinski definition) is 6. The minimum absolute atomic E-state index is 0.0910. The van der Waals surface area contributed by atoms with Crippen molar-refractivity contribution in [1.82, 2.24) is 20.6 Å². The van der Waals surface area contributed by atoms with Crippen LogP contribution in [0.3, 0.4) is 0 Å². The fourth-order valence-corrected chi connectivity index (χ4v) is 4.35. The molecule has 5 rings (SSSR count). The zero-order valence-electron chi connectivity index (χ0n) is 18.4. The topological polar surface area (TPSA) is 97.4 Å². The molecule has 2 amide bonds. The minimum Gasteiger partial charge on any atom is -0.371 e. The number of rotatable bonds is 6. The van der Waals surface area contributed by atoms with E-state index in [1.54, 1.807) is 6.20 Å². The molecule has 0 saturated carbocycles. The molecule has 170 valence electrons. The van der Waals surface area contributed by atoms with Crippen LogP contribution in [0, 0.1) is 0 Å². The van der Waals surface area contributed by atoms with Crippen LogP contribution in [-0.4, -0.2) is 60.0 Å². The number of benzene rings is 2. The van der Waals surface area contributed by atoms with E-state index in [4.69, 9.17) is 14.5 Å². The lowest BCUT2D eigenvalue weighted by Crippen LogP contribution is -2.48. The summed E-state index contributed by atoms with van der Waals surface area (Å²) in [6.07, 6.45) is 1.38. The molecule has 0 radical (unpaired) electrons. The third-order valence-corrected chi connectivity index (χ3v) is 5.97. The molecule has 2 aliphatic heterocycles. The molecule has 33 heavy (non-hydrogen) atoms. The number of carbonyl (C=O) groups is 1. The zero-order valence-corrected chi connectivity index (χ0v) is 18.4. The van der Waals surface area contributed by atoms with E-state index in [0.29, 0.717) is 25.7 Å². The van der Waals surface area contributed by atoms with Gasteiger partial charge in [0, 0.05) is 18.3 Å². The Morgan fingerprint density at radius 3 is 2.33 bits per heavy atom. The molecule has 8 heteroatoms. The van der Waals surface area contributed by atoms with Crippen LogP contribution in [0.15, 0.2) is 66.9 Å². The maximum absolute atomic E-state index is 11.9. The first-order valence-corrected chi connectivity index (χ1v) is 11.2. The van der Waals surface area contributed by atoms with Crippen LogP contribution < -0.4 is 16.0 Å². The highest BCUT2D eigenvalue weighted by Crippen LogP contribution is 2.29. The summed E-state index contributed by atoms with van der Waals surface area (Å²) in [6.45, 7) is 3.33. The Balaban J connectivity index is 1.25. The molecule has 3 aromatic rings. The maximum Gasteiger partial charge on any atom is 0.315 e. The standard InChI is InChI=1S/C25H27N5O3/c1-2-26-25(31)30-21-15-33-22-20(14-32-23(21)22)29-24-27-13-12-19(28-24)18-10-8-17(9-11-18)16-6-4-3-5-7-16/h3-13,20-23H,2,14-15H2,1H3,(H2,26,30,31)(H,27,28,29)/t20-,21-,22+,23+/m0/s1. The third-order valence-electron chi connectivity index (χ3n) is 5.97. The van der Waals surface area contributed by atoms with Crippen molar-refractivity contribution < 1.29 is 14.3 Å². The van der Waals surface area contributed by atoms with Crippen molar-refractivity contribution >= 4 is 12.0 Å². The Labute approximate surface area is 192 Å². The van der Waals surface area contributed by atoms with E-state index >= 15 is 0 Å². The van der Waals surface area contributed by atoms with Crippen molar-refractivity contribution in [3.8, 4) is 22.4 Å². The number of hydrogen-bond donors (Lipinski definition) is 3. The maximum atomic E-state index is 11.9. The summed E-state index contributed by atoms with van der Waals surface area (Å²) >= 11 is 0. The molecule has 4 atom stereocenters. The van der Waals surface area contributed by atoms with E-state index in [9.17, 15) is 4.79 Å². The highest BCUT2D eigenvalue weighted by atomic mass is 16.6. The predicted molar refractivity (Wildman–Crippen MR) is 126 cm³/mol. The molecule has 1 aromatic heterocycles. The molecular weight excluding hydrogens is 418 g/mol. The summed E-state index contributed by atoms with van der Waals surface area (Å²) in [5.41, 5.74) is 4.20. The van der Waals surface area contributed by atoms with Gasteiger partial charge in [-0.3, -0.25) is 0 Å². The first-order valence-electron chi connectivity index (χ1n) is 11.2. The smallest absolute Gasteiger partial charge is 0.315 e. The van der Waals surface area contributed by atoms with Gasteiger partial charge in [-0.05, 0) is 24.1 Å². The summed E-state index contributed by atoms with van der Waals surface area (Å²) in [6, 6.07) is 20.0. The first-order chi connectivity index (χ1) is 16.2. The summed E-state index contributed by atoms with van der Waals surface area (Å²) in [5, 5.41) is 9.02. The van der Waals surface area contributed by atoms with E-state index < -0.39 is 0 Å². The number of amides is 2. The van der Waals surface area contributed by atoms with E-state index in [-0.39, 0.29) is 30.3 Å². The molecule has 3 N–H and O–H groups in total. The molecular formula is C25H27N5O3. The van der Waals surface area contributed by atoms with Gasteiger partial charge in [0.2, 0.25) is 5.95 Å². The number of urea groups is 1. The number of aromatic nitrogens is 2. The van der Waals surface area contributed by atoms with Crippen LogP contribution >= 0.6 is 0 Å². The van der Waals surface area contributed by atoms with E-state index in [1.807, 2.05) is 31.2 Å². The van der Waals surface area contributed by atoms with Crippen molar-refractivity contribution in [2.45, 2.75) is 31.2 Å². The normalized spacial score (nSPS) is 23.7. The lowest BCUT2D eigenvalue weighted by atomic mass is 10.0. The summed E-state index contributed by atoms with van der Waals surface area (Å²) in [7, 11) is 0. The van der Waals surface area contributed by atoms with Crippen LogP contribution in [0.4, 0.5) is 10.7 Å². The van der Waals surface area contributed by atoms with Gasteiger partial charge >= 0.3 is 6.03 Å². The fraction of sp³-hybridized carbons (Fsp3) is 0.320. The Morgan fingerprint density at radius 1 is 0.909 bits per heavy atom. The number of ether oxygens (including phenoxy) is 2. The van der Waals surface area contributed by atoms with Gasteiger partial charge in [-0.2, -0.15) is 0 Å². The number of carbonyl (C=O) groups excluding carboxylic acids is 1. The van der Waals surface area contributed by atoms with Crippen LogP contribution in [0.25, 0.3) is 22.4 Å². The monoisotopic (exact) mass is 445 g/mol. The Kier molecular flexibility index (Phi) is 6.19. The molecule has 0 unspecified atom stereocenters. The SMILES string of the molecule is CCNC(=O)N[C@H]1CO[C@H]2[C@@H]1OC[C@@H]2Nc1nccc(-c2ccc(-c3ccccc3)cc2)n1. The first kappa shape index (κ1) is 21.4. The number of anilines is 1. The largest absolute Gasteiger partial charge is 0.371 e. The van der Waals surface area contributed by atoms with Crippen LogP contribution in [0.5, 0.6) is 0 Å². The Bertz CT molecular complexity index is 1090. The number of fused-ring (bicyclic) bond motifs is 1. The van der Waals surface area contributed by atoms with Gasteiger partial charge in [0.1, 0.15) is 12.2 Å². The Morgan fingerprint density at radius 2 is 1.58 bits per heavy atom. The van der Waals surface area contributed by atoms with E-state index in [2.05, 4.69) is 57.3 Å². The average molecular weight is 446 g/mol. The fourth-order valence-electron chi connectivity index (χ4n) is 4.35. The molecule has 0 spiro atoms. The average Bonchev–Trinajstić information content (AvgIpc) is 3.43. The van der Waals surface area contributed by atoms with Gasteiger partial charge in [0.15, 0.2) is 0 Å². The highest BCUT2D eigenvalue weighted by molar-refractivity contribution is 5.74. The van der Waals surface area contributed by atoms with Gasteiger partial charge in [0.05, 0.1) is 31.0 Å². The zero-order chi connectivity index (χ0) is 22.6. The van der Waals surface area contributed by atoms with Gasteiger partial charge in [-0.1, -0.05) is 54.6 Å². The lowest BCUT2D eigenvalue weighted by molar-refractivity contribution is 0.0682. The van der Waals surface area contributed by atoms with Crippen LogP contribution in [0.1, 0.15) is 6.92 Å². The number of nitrogens with zero attached hydrogens (tertiary/aromatic N) is 2. The molecule has 2 aliphatic rings. The van der Waals surface area contributed by atoms with Gasteiger partial charge < -0.3 is 25.4 Å². The van der Waals surface area contributed by atoms with Gasteiger partial charge in [0.25, 0.3) is 0 Å². The minimum atomic E-state index is -0.207. The molecule has 2 aromatic carbocycles. The van der Waals surface area contributed by atoms with E-state index in [0.717, 1.165) is 16.8 Å². The predicted octanol–water partition coefficient (Wildman–Crippen LogP) is 3.08. The molecule has 0 aliphatic carbocycles. The summed E-state index contributed by atoms with van der Waals surface area (Å²) in [4.78, 5) is 21.0. The van der Waals surface area contributed by atoms with Crippen molar-refractivity contribution in [2.24, 2.45) is 0 Å². The van der Waals surface area contributed by atoms with Crippen molar-refractivity contribution in [2.75, 3.05) is 25.1 Å². The third kappa shape index (κ3) is 4.67. The van der Waals surface area contributed by atoms with Crippen LogP contribution in [0.2, 0.25) is 0 Å². The second-order valence-electron chi connectivity index (χ2n) is 8.17.